The molecule has 0 radical (unpaired) electrons. The van der Waals surface area contributed by atoms with Gasteiger partial charge >= 0.3 is 0 Å². The zero-order chi connectivity index (χ0) is 14.8. The molecule has 1 saturated carbocycles. The molecule has 0 aromatic heterocycles. The standard InChI is InChI=1S/C15H18N2O3S/c18-14(16-11-4-5-11)13-9-20-7-6-17(13)15(19)10-2-1-3-12(21)8-10/h1-3,8,11,13,21H,4-7,9H2,(H,16,18). The van der Waals surface area contributed by atoms with Crippen molar-refractivity contribution in [2.45, 2.75) is 29.8 Å². The number of carbonyl (C=O) groups excluding carboxylic acids is 2. The van der Waals surface area contributed by atoms with E-state index in [1.807, 2.05) is 6.07 Å². The summed E-state index contributed by atoms with van der Waals surface area (Å²) in [4.78, 5) is 27.2. The lowest BCUT2D eigenvalue weighted by Gasteiger charge is -2.34. The van der Waals surface area contributed by atoms with Crippen molar-refractivity contribution < 1.29 is 14.3 Å². The van der Waals surface area contributed by atoms with E-state index in [-0.39, 0.29) is 24.5 Å². The number of ether oxygens (including phenoxy) is 1. The smallest absolute Gasteiger partial charge is 0.254 e. The van der Waals surface area contributed by atoms with E-state index in [1.54, 1.807) is 23.1 Å². The Morgan fingerprint density at radius 3 is 2.86 bits per heavy atom. The van der Waals surface area contributed by atoms with Gasteiger partial charge in [0.15, 0.2) is 0 Å². The van der Waals surface area contributed by atoms with E-state index in [9.17, 15) is 9.59 Å². The van der Waals surface area contributed by atoms with Gasteiger partial charge in [-0.15, -0.1) is 12.6 Å². The van der Waals surface area contributed by atoms with Gasteiger partial charge in [-0.3, -0.25) is 9.59 Å². The van der Waals surface area contributed by atoms with Crippen LogP contribution >= 0.6 is 12.6 Å². The highest BCUT2D eigenvalue weighted by atomic mass is 32.1. The van der Waals surface area contributed by atoms with Crippen LogP contribution in [0.15, 0.2) is 29.2 Å². The van der Waals surface area contributed by atoms with Crippen molar-refractivity contribution >= 4 is 24.4 Å². The number of nitrogens with zero attached hydrogens (tertiary/aromatic N) is 1. The van der Waals surface area contributed by atoms with Crippen LogP contribution < -0.4 is 5.32 Å². The number of hydrogen-bond acceptors (Lipinski definition) is 4. The lowest BCUT2D eigenvalue weighted by atomic mass is 10.1. The summed E-state index contributed by atoms with van der Waals surface area (Å²) < 4.78 is 5.38. The van der Waals surface area contributed by atoms with Gasteiger partial charge in [-0.25, -0.2) is 0 Å². The summed E-state index contributed by atoms with van der Waals surface area (Å²) in [5, 5.41) is 2.94. The van der Waals surface area contributed by atoms with Gasteiger partial charge < -0.3 is 15.0 Å². The minimum Gasteiger partial charge on any atom is -0.377 e. The molecule has 1 saturated heterocycles. The zero-order valence-electron chi connectivity index (χ0n) is 11.6. The highest BCUT2D eigenvalue weighted by Gasteiger charge is 2.35. The number of hydrogen-bond donors (Lipinski definition) is 2. The van der Waals surface area contributed by atoms with Gasteiger partial charge in [0.2, 0.25) is 5.91 Å². The van der Waals surface area contributed by atoms with E-state index < -0.39 is 6.04 Å². The van der Waals surface area contributed by atoms with Gasteiger partial charge in [-0.05, 0) is 31.0 Å². The molecule has 6 heteroatoms. The molecule has 1 heterocycles. The molecule has 1 aromatic rings. The molecule has 1 N–H and O–H groups in total. The maximum absolute atomic E-state index is 12.6. The molecule has 1 aromatic carbocycles. The average Bonchev–Trinajstić information content (AvgIpc) is 3.30. The third kappa shape index (κ3) is 3.39. The molecule has 112 valence electrons. The Bertz CT molecular complexity index is 560. The number of nitrogens with one attached hydrogen (secondary N) is 1. The Morgan fingerprint density at radius 1 is 1.33 bits per heavy atom. The van der Waals surface area contributed by atoms with E-state index >= 15 is 0 Å². The van der Waals surface area contributed by atoms with Crippen molar-refractivity contribution in [1.82, 2.24) is 10.2 Å². The van der Waals surface area contributed by atoms with Gasteiger partial charge in [0.25, 0.3) is 5.91 Å². The molecule has 0 bridgehead atoms. The predicted octanol–water partition coefficient (Wildman–Crippen LogP) is 1.09. The Morgan fingerprint density at radius 2 is 2.14 bits per heavy atom. The summed E-state index contributed by atoms with van der Waals surface area (Å²) in [7, 11) is 0. The molecular weight excluding hydrogens is 288 g/mol. The molecule has 1 aliphatic heterocycles. The lowest BCUT2D eigenvalue weighted by molar-refractivity contribution is -0.130. The van der Waals surface area contributed by atoms with Crippen LogP contribution in [0.5, 0.6) is 0 Å². The fourth-order valence-corrected chi connectivity index (χ4v) is 2.62. The van der Waals surface area contributed by atoms with Crippen molar-refractivity contribution in [2.75, 3.05) is 19.8 Å². The molecule has 21 heavy (non-hydrogen) atoms. The lowest BCUT2D eigenvalue weighted by Crippen LogP contribution is -2.56. The Hall–Kier alpha value is -1.53. The number of rotatable bonds is 3. The van der Waals surface area contributed by atoms with Crippen molar-refractivity contribution in [3.8, 4) is 0 Å². The Kier molecular flexibility index (Phi) is 4.17. The second-order valence-electron chi connectivity index (χ2n) is 5.42. The van der Waals surface area contributed by atoms with E-state index in [2.05, 4.69) is 17.9 Å². The molecule has 2 aliphatic rings. The van der Waals surface area contributed by atoms with E-state index in [1.165, 1.54) is 0 Å². The second-order valence-corrected chi connectivity index (χ2v) is 5.94. The van der Waals surface area contributed by atoms with Crippen molar-refractivity contribution in [3.05, 3.63) is 29.8 Å². The minimum absolute atomic E-state index is 0.118. The van der Waals surface area contributed by atoms with E-state index in [4.69, 9.17) is 4.74 Å². The number of carbonyl (C=O) groups is 2. The van der Waals surface area contributed by atoms with Crippen molar-refractivity contribution in [2.24, 2.45) is 0 Å². The van der Waals surface area contributed by atoms with Gasteiger partial charge in [0, 0.05) is 23.0 Å². The number of morpholine rings is 1. The maximum atomic E-state index is 12.6. The topological polar surface area (TPSA) is 58.6 Å². The van der Waals surface area contributed by atoms with Crippen LogP contribution in [0, 0.1) is 0 Å². The number of amides is 2. The molecule has 1 unspecified atom stereocenters. The molecule has 1 atom stereocenters. The van der Waals surface area contributed by atoms with Crippen molar-refractivity contribution in [1.29, 1.82) is 0 Å². The second kappa shape index (κ2) is 6.07. The van der Waals surface area contributed by atoms with Crippen LogP contribution in [0.4, 0.5) is 0 Å². The van der Waals surface area contributed by atoms with Gasteiger partial charge in [0.05, 0.1) is 13.2 Å². The van der Waals surface area contributed by atoms with Crippen LogP contribution in [-0.4, -0.2) is 48.6 Å². The highest BCUT2D eigenvalue weighted by molar-refractivity contribution is 7.80. The van der Waals surface area contributed by atoms with Crippen LogP contribution in [0.1, 0.15) is 23.2 Å². The summed E-state index contributed by atoms with van der Waals surface area (Å²) in [6.45, 7) is 1.14. The number of benzene rings is 1. The molecule has 1 aliphatic carbocycles. The molecule has 2 fully saturated rings. The predicted molar refractivity (Wildman–Crippen MR) is 80.5 cm³/mol. The normalized spacial score (nSPS) is 22.0. The molecule has 2 amide bonds. The fraction of sp³-hybridized carbons (Fsp3) is 0.467. The summed E-state index contributed by atoms with van der Waals surface area (Å²) in [6, 6.07) is 6.79. The van der Waals surface area contributed by atoms with Crippen LogP contribution in [0.25, 0.3) is 0 Å². The van der Waals surface area contributed by atoms with Gasteiger partial charge in [0.1, 0.15) is 6.04 Å². The average molecular weight is 306 g/mol. The summed E-state index contributed by atoms with van der Waals surface area (Å²) in [5.41, 5.74) is 0.550. The molecule has 3 rings (SSSR count). The van der Waals surface area contributed by atoms with Gasteiger partial charge in [-0.1, -0.05) is 6.07 Å². The summed E-state index contributed by atoms with van der Waals surface area (Å²) in [5.74, 6) is -0.266. The first kappa shape index (κ1) is 14.4. The third-order valence-corrected chi connectivity index (χ3v) is 3.99. The summed E-state index contributed by atoms with van der Waals surface area (Å²) >= 11 is 4.25. The molecular formula is C15H18N2O3S. The number of thiol groups is 1. The third-order valence-electron chi connectivity index (χ3n) is 3.71. The first-order valence-corrected chi connectivity index (χ1v) is 7.58. The van der Waals surface area contributed by atoms with E-state index in [0.717, 1.165) is 17.7 Å². The zero-order valence-corrected chi connectivity index (χ0v) is 12.5. The molecule has 0 spiro atoms. The molecule has 5 nitrogen and oxygen atoms in total. The van der Waals surface area contributed by atoms with Crippen LogP contribution in [0.3, 0.4) is 0 Å². The van der Waals surface area contributed by atoms with Crippen LogP contribution in [-0.2, 0) is 9.53 Å². The monoisotopic (exact) mass is 306 g/mol. The highest BCUT2D eigenvalue weighted by Crippen LogP contribution is 2.20. The van der Waals surface area contributed by atoms with Gasteiger partial charge in [-0.2, -0.15) is 0 Å². The fourth-order valence-electron chi connectivity index (χ4n) is 2.39. The minimum atomic E-state index is -0.546. The largest absolute Gasteiger partial charge is 0.377 e. The maximum Gasteiger partial charge on any atom is 0.254 e. The Balaban J connectivity index is 1.76. The quantitative estimate of drug-likeness (QED) is 0.822. The van der Waals surface area contributed by atoms with Crippen LogP contribution in [0.2, 0.25) is 0 Å². The first-order chi connectivity index (χ1) is 10.1. The Labute approximate surface area is 129 Å². The first-order valence-electron chi connectivity index (χ1n) is 7.13. The SMILES string of the molecule is O=C(NC1CC1)C1COCCN1C(=O)c1cccc(S)c1. The summed E-state index contributed by atoms with van der Waals surface area (Å²) in [6.07, 6.45) is 2.05. The van der Waals surface area contributed by atoms with E-state index in [0.29, 0.717) is 18.7 Å². The van der Waals surface area contributed by atoms with Crippen molar-refractivity contribution in [3.63, 3.8) is 0 Å².